The lowest BCUT2D eigenvalue weighted by Gasteiger charge is -2.08. The van der Waals surface area contributed by atoms with Crippen LogP contribution in [0.5, 0.6) is 0 Å². The van der Waals surface area contributed by atoms with Gasteiger partial charge in [0, 0.05) is 24.5 Å². The lowest BCUT2D eigenvalue weighted by Crippen LogP contribution is -2.19. The Morgan fingerprint density at radius 2 is 2.06 bits per heavy atom. The molecule has 11 heteroatoms. The molecule has 0 unspecified atom stereocenters. The summed E-state index contributed by atoms with van der Waals surface area (Å²) in [6.07, 6.45) is 6.71. The molecule has 4 rings (SSSR count). The van der Waals surface area contributed by atoms with Gasteiger partial charge in [-0.1, -0.05) is 6.07 Å². The summed E-state index contributed by atoms with van der Waals surface area (Å²) in [5.41, 5.74) is 2.54. The smallest absolute Gasteiger partial charge is 0.246 e. The first kappa shape index (κ1) is 20.4. The van der Waals surface area contributed by atoms with Crippen LogP contribution < -0.4 is 10.6 Å². The van der Waals surface area contributed by atoms with Crippen LogP contribution in [0.1, 0.15) is 5.69 Å². The number of aromatic nitrogens is 5. The summed E-state index contributed by atoms with van der Waals surface area (Å²) in [4.78, 5) is 21.0. The van der Waals surface area contributed by atoms with E-state index in [9.17, 15) is 13.6 Å². The molecule has 0 aliphatic heterocycles. The topological polar surface area (TPSA) is 109 Å². The number of nitrogens with zero attached hydrogens (tertiary/aromatic N) is 5. The van der Waals surface area contributed by atoms with Crippen LogP contribution in [-0.2, 0) is 11.3 Å². The summed E-state index contributed by atoms with van der Waals surface area (Å²) in [7, 11) is 0. The minimum absolute atomic E-state index is 0.0380. The number of amides is 1. The molecule has 1 aromatic carbocycles. The van der Waals surface area contributed by atoms with E-state index in [1.807, 2.05) is 17.5 Å². The molecule has 1 amide bonds. The summed E-state index contributed by atoms with van der Waals surface area (Å²) in [6, 6.07) is 3.57. The third kappa shape index (κ3) is 4.21. The van der Waals surface area contributed by atoms with E-state index in [0.717, 1.165) is 17.5 Å². The summed E-state index contributed by atoms with van der Waals surface area (Å²) in [5.74, 6) is -2.15. The molecule has 0 spiro atoms. The zero-order valence-electron chi connectivity index (χ0n) is 16.5. The minimum atomic E-state index is -1.11. The number of carbonyl (C=O) groups excluding carboxylic acids is 1. The fourth-order valence-electron chi connectivity index (χ4n) is 3.13. The first-order valence-corrected chi connectivity index (χ1v) is 9.42. The first-order valence-electron chi connectivity index (χ1n) is 9.42. The van der Waals surface area contributed by atoms with Crippen LogP contribution in [0.3, 0.4) is 0 Å². The summed E-state index contributed by atoms with van der Waals surface area (Å²) >= 11 is 0. The number of imidazole rings is 1. The first-order chi connectivity index (χ1) is 15.0. The van der Waals surface area contributed by atoms with Crippen molar-refractivity contribution in [2.45, 2.75) is 13.5 Å². The average molecular weight is 427 g/mol. The van der Waals surface area contributed by atoms with Crippen LogP contribution in [0.15, 0.2) is 43.0 Å². The number of rotatable bonds is 7. The van der Waals surface area contributed by atoms with Gasteiger partial charge in [0.25, 0.3) is 0 Å². The molecule has 3 aromatic heterocycles. The Labute approximate surface area is 175 Å². The van der Waals surface area contributed by atoms with Gasteiger partial charge in [0.2, 0.25) is 5.91 Å². The summed E-state index contributed by atoms with van der Waals surface area (Å²) < 4.78 is 30.3. The Bertz CT molecular complexity index is 1250. The van der Waals surface area contributed by atoms with Crippen LogP contribution in [0, 0.1) is 18.6 Å². The number of aryl methyl sites for hydroxylation is 1. The van der Waals surface area contributed by atoms with Crippen molar-refractivity contribution in [1.82, 2.24) is 24.1 Å². The number of hydrogen-bond acceptors (Lipinski definition) is 6. The van der Waals surface area contributed by atoms with Gasteiger partial charge in [0.1, 0.15) is 6.54 Å². The van der Waals surface area contributed by atoms with Gasteiger partial charge < -0.3 is 15.7 Å². The SMILES string of the molecule is Cc1cn2c(-c3cnn(CC(=O)Nc4cccc(F)c4F)c3)cnc2c(NCCO)n1. The highest BCUT2D eigenvalue weighted by Gasteiger charge is 2.15. The van der Waals surface area contributed by atoms with Gasteiger partial charge in [-0.05, 0) is 19.1 Å². The van der Waals surface area contributed by atoms with Gasteiger partial charge in [0.15, 0.2) is 23.1 Å². The highest BCUT2D eigenvalue weighted by Crippen LogP contribution is 2.24. The number of anilines is 2. The highest BCUT2D eigenvalue weighted by atomic mass is 19.2. The van der Waals surface area contributed by atoms with Crippen molar-refractivity contribution < 1.29 is 18.7 Å². The second-order valence-corrected chi connectivity index (χ2v) is 6.79. The molecule has 160 valence electrons. The molecule has 9 nitrogen and oxygen atoms in total. The van der Waals surface area contributed by atoms with Crippen LogP contribution >= 0.6 is 0 Å². The number of halogens is 2. The molecule has 0 bridgehead atoms. The molecule has 0 radical (unpaired) electrons. The second kappa shape index (κ2) is 8.48. The van der Waals surface area contributed by atoms with Crippen molar-refractivity contribution in [3.63, 3.8) is 0 Å². The van der Waals surface area contributed by atoms with Crippen molar-refractivity contribution in [1.29, 1.82) is 0 Å². The Balaban J connectivity index is 1.55. The maximum Gasteiger partial charge on any atom is 0.246 e. The van der Waals surface area contributed by atoms with Gasteiger partial charge in [-0.2, -0.15) is 5.10 Å². The molecule has 4 aromatic rings. The predicted octanol–water partition coefficient (Wildman–Crippen LogP) is 2.22. The van der Waals surface area contributed by atoms with E-state index in [0.29, 0.717) is 23.6 Å². The zero-order chi connectivity index (χ0) is 22.0. The minimum Gasteiger partial charge on any atom is -0.395 e. The maximum atomic E-state index is 13.7. The van der Waals surface area contributed by atoms with Crippen molar-refractivity contribution >= 4 is 23.1 Å². The Hall–Kier alpha value is -3.86. The molecular formula is C20H19F2N7O2. The normalized spacial score (nSPS) is 11.1. The van der Waals surface area contributed by atoms with Crippen LogP contribution in [0.25, 0.3) is 16.9 Å². The van der Waals surface area contributed by atoms with E-state index >= 15 is 0 Å². The molecule has 0 aliphatic rings. The summed E-state index contributed by atoms with van der Waals surface area (Å²) in [6.45, 7) is 1.96. The number of carbonyl (C=O) groups is 1. The van der Waals surface area contributed by atoms with Crippen molar-refractivity contribution in [2.75, 3.05) is 23.8 Å². The van der Waals surface area contributed by atoms with E-state index in [1.165, 1.54) is 16.8 Å². The van der Waals surface area contributed by atoms with Gasteiger partial charge in [-0.25, -0.2) is 18.7 Å². The van der Waals surface area contributed by atoms with Crippen molar-refractivity contribution in [3.05, 3.63) is 60.3 Å². The molecule has 0 saturated heterocycles. The quantitative estimate of drug-likeness (QED) is 0.417. The lowest BCUT2D eigenvalue weighted by molar-refractivity contribution is -0.116. The second-order valence-electron chi connectivity index (χ2n) is 6.79. The van der Waals surface area contributed by atoms with Crippen LogP contribution in [-0.4, -0.2) is 48.3 Å². The molecule has 0 aliphatic carbocycles. The molecule has 0 atom stereocenters. The third-order valence-corrected chi connectivity index (χ3v) is 4.48. The Kier molecular flexibility index (Phi) is 5.58. The molecule has 0 fully saturated rings. The fraction of sp³-hybridized carbons (Fsp3) is 0.200. The number of benzene rings is 1. The summed E-state index contributed by atoms with van der Waals surface area (Å²) in [5, 5.41) is 18.6. The number of aliphatic hydroxyl groups is 1. The van der Waals surface area contributed by atoms with E-state index in [4.69, 9.17) is 5.11 Å². The van der Waals surface area contributed by atoms with E-state index in [2.05, 4.69) is 25.7 Å². The van der Waals surface area contributed by atoms with E-state index in [-0.39, 0.29) is 18.8 Å². The van der Waals surface area contributed by atoms with Crippen molar-refractivity contribution in [3.8, 4) is 11.3 Å². The van der Waals surface area contributed by atoms with Crippen LogP contribution in [0.2, 0.25) is 0 Å². The fourth-order valence-corrected chi connectivity index (χ4v) is 3.13. The monoisotopic (exact) mass is 427 g/mol. The molecule has 3 heterocycles. The Morgan fingerprint density at radius 1 is 1.23 bits per heavy atom. The number of hydrogen-bond donors (Lipinski definition) is 3. The molecule has 0 saturated carbocycles. The Morgan fingerprint density at radius 3 is 2.87 bits per heavy atom. The largest absolute Gasteiger partial charge is 0.395 e. The van der Waals surface area contributed by atoms with E-state index < -0.39 is 17.5 Å². The average Bonchev–Trinajstić information content (AvgIpc) is 3.36. The molecule has 3 N–H and O–H groups in total. The standard InChI is InChI=1S/C20H19F2N7O2/c1-12-9-29-16(8-24-20(29)19(26-12)23-5-6-30)13-7-25-28(10-13)11-17(31)27-15-4-2-3-14(21)18(15)22/h2-4,7-10,30H,5-6,11H2,1H3,(H,23,26)(H,27,31). The van der Waals surface area contributed by atoms with Gasteiger partial charge in [-0.15, -0.1) is 0 Å². The van der Waals surface area contributed by atoms with E-state index in [1.54, 1.807) is 18.6 Å². The van der Waals surface area contributed by atoms with Crippen molar-refractivity contribution in [2.24, 2.45) is 0 Å². The predicted molar refractivity (Wildman–Crippen MR) is 110 cm³/mol. The highest BCUT2D eigenvalue weighted by molar-refractivity contribution is 5.90. The molecular weight excluding hydrogens is 408 g/mol. The zero-order valence-corrected chi connectivity index (χ0v) is 16.5. The lowest BCUT2D eigenvalue weighted by atomic mass is 10.3. The number of aliphatic hydroxyl groups excluding tert-OH is 1. The molecule has 31 heavy (non-hydrogen) atoms. The number of fused-ring (bicyclic) bond motifs is 1. The maximum absolute atomic E-state index is 13.7. The van der Waals surface area contributed by atoms with Gasteiger partial charge >= 0.3 is 0 Å². The van der Waals surface area contributed by atoms with Crippen LogP contribution in [0.4, 0.5) is 20.3 Å². The number of nitrogens with one attached hydrogen (secondary N) is 2. The third-order valence-electron chi connectivity index (χ3n) is 4.48. The van der Waals surface area contributed by atoms with Gasteiger partial charge in [-0.3, -0.25) is 13.9 Å². The van der Waals surface area contributed by atoms with Gasteiger partial charge in [0.05, 0.1) is 36.1 Å².